The summed E-state index contributed by atoms with van der Waals surface area (Å²) >= 11 is 0. The molecule has 0 aliphatic rings. The lowest BCUT2D eigenvalue weighted by atomic mass is 10.0. The van der Waals surface area contributed by atoms with E-state index in [2.05, 4.69) is 25.4 Å². The van der Waals surface area contributed by atoms with Crippen molar-refractivity contribution in [3.05, 3.63) is 83.8 Å². The largest absolute Gasteiger partial charge is 0.469 e. The summed E-state index contributed by atoms with van der Waals surface area (Å²) in [6.45, 7) is 1.77. The molecule has 2 heterocycles. The van der Waals surface area contributed by atoms with Gasteiger partial charge in [-0.05, 0) is 61.0 Å². The number of aromatic amines is 1. The van der Waals surface area contributed by atoms with Gasteiger partial charge in [0.1, 0.15) is 23.7 Å². The number of hydrogen-bond acceptors (Lipinski definition) is 14. The minimum atomic E-state index is -1.18. The van der Waals surface area contributed by atoms with Crippen LogP contribution in [0, 0.1) is 5.92 Å². The highest BCUT2D eigenvalue weighted by Gasteiger charge is 2.26. The van der Waals surface area contributed by atoms with E-state index in [-0.39, 0.29) is 44.2 Å². The van der Waals surface area contributed by atoms with Crippen molar-refractivity contribution < 1.29 is 38.3 Å². The van der Waals surface area contributed by atoms with Crippen LogP contribution in [0.15, 0.2) is 72.0 Å². The number of nitrogens with zero attached hydrogens (tertiary/aromatic N) is 4. The van der Waals surface area contributed by atoms with Gasteiger partial charge in [0.15, 0.2) is 5.84 Å². The summed E-state index contributed by atoms with van der Waals surface area (Å²) < 4.78 is 9.83. The molecule has 0 saturated carbocycles. The molecular weight excluding hydrogens is 688 g/mol. The van der Waals surface area contributed by atoms with E-state index in [0.29, 0.717) is 40.3 Å². The normalized spacial score (nSPS) is 13.0. The number of methoxy groups -OCH3 is 1. The first-order valence-electron chi connectivity index (χ1n) is 16.5. The number of H-pyrrole nitrogens is 1. The third kappa shape index (κ3) is 11.3. The molecule has 280 valence electrons. The van der Waals surface area contributed by atoms with Gasteiger partial charge in [-0.1, -0.05) is 18.1 Å². The zero-order chi connectivity index (χ0) is 38.5. The molecule has 0 aliphatic heterocycles. The Morgan fingerprint density at radius 2 is 1.70 bits per heavy atom. The first-order valence-corrected chi connectivity index (χ1v) is 16.5. The Bertz CT molecular complexity index is 1930. The number of hydrogen-bond donors (Lipinski definition) is 6. The molecule has 4 rings (SSSR count). The Labute approximate surface area is 304 Å². The molecule has 53 heavy (non-hydrogen) atoms. The van der Waals surface area contributed by atoms with Crippen LogP contribution in [-0.4, -0.2) is 82.9 Å². The van der Waals surface area contributed by atoms with Gasteiger partial charge in [0.25, 0.3) is 5.91 Å². The summed E-state index contributed by atoms with van der Waals surface area (Å²) in [5, 5.41) is 6.93. The van der Waals surface area contributed by atoms with Crippen molar-refractivity contribution in [3.63, 3.8) is 0 Å². The molecule has 3 atom stereocenters. The minimum Gasteiger partial charge on any atom is -0.469 e. The van der Waals surface area contributed by atoms with E-state index in [9.17, 15) is 24.0 Å². The van der Waals surface area contributed by atoms with Crippen LogP contribution in [0.1, 0.15) is 47.9 Å². The number of carbonyl (C=O) groups is 5. The molecule has 0 aliphatic carbocycles. The van der Waals surface area contributed by atoms with Crippen molar-refractivity contribution >= 4 is 58.1 Å². The third-order valence-electron chi connectivity index (χ3n) is 7.97. The Kier molecular flexibility index (Phi) is 13.9. The van der Waals surface area contributed by atoms with Crippen LogP contribution < -0.4 is 33.2 Å². The predicted molar refractivity (Wildman–Crippen MR) is 194 cm³/mol. The quantitative estimate of drug-likeness (QED) is 0.0274. The number of carbonyl (C=O) groups excluding carboxylic acids is 5. The number of imidazole rings is 1. The Balaban J connectivity index is 1.30. The number of nitrogens with two attached hydrogens (primary N) is 4. The number of anilines is 2. The molecule has 0 radical (unpaired) electrons. The number of aromatic nitrogens is 3. The average Bonchev–Trinajstić information content (AvgIpc) is 3.59. The SMILES string of the molecule is COC(=O)CCN(C(=O)c1ccc2nc(CNc3ccc(/C(N)=N/OC(=O)C(N)C(C)COC(=O)C(N)CCC(N)=O)cc3)[nH]c2c1)c1ccccn1. The molecule has 4 aromatic rings. The Morgan fingerprint density at radius 3 is 2.38 bits per heavy atom. The van der Waals surface area contributed by atoms with Crippen molar-refractivity contribution in [2.24, 2.45) is 34.0 Å². The number of benzene rings is 2. The van der Waals surface area contributed by atoms with Gasteiger partial charge in [-0.2, -0.15) is 0 Å². The second kappa shape index (κ2) is 18.7. The highest BCUT2D eigenvalue weighted by Crippen LogP contribution is 2.20. The van der Waals surface area contributed by atoms with E-state index in [1.807, 2.05) is 0 Å². The molecule has 2 amide bonds. The zero-order valence-corrected chi connectivity index (χ0v) is 29.2. The van der Waals surface area contributed by atoms with Crippen molar-refractivity contribution in [1.82, 2.24) is 15.0 Å². The number of pyridine rings is 1. The fraction of sp³-hybridized carbons (Fsp3) is 0.314. The fourth-order valence-corrected chi connectivity index (χ4v) is 4.80. The molecule has 2 aromatic heterocycles. The molecule has 0 fully saturated rings. The van der Waals surface area contributed by atoms with Crippen LogP contribution in [-0.2, 0) is 40.0 Å². The summed E-state index contributed by atoms with van der Waals surface area (Å²) in [5.41, 5.74) is 25.6. The number of nitrogens with one attached hydrogen (secondary N) is 2. The number of esters is 2. The van der Waals surface area contributed by atoms with Gasteiger partial charge in [0.05, 0.1) is 37.7 Å². The molecule has 0 saturated heterocycles. The van der Waals surface area contributed by atoms with Gasteiger partial charge in [0, 0.05) is 41.9 Å². The molecule has 0 spiro atoms. The van der Waals surface area contributed by atoms with Crippen molar-refractivity contribution in [2.75, 3.05) is 30.5 Å². The highest BCUT2D eigenvalue weighted by atomic mass is 16.7. The second-order valence-corrected chi connectivity index (χ2v) is 11.9. The molecular formula is C35H42N10O8. The average molecular weight is 731 g/mol. The fourth-order valence-electron chi connectivity index (χ4n) is 4.80. The van der Waals surface area contributed by atoms with Crippen LogP contribution in [0.25, 0.3) is 11.0 Å². The monoisotopic (exact) mass is 730 g/mol. The van der Waals surface area contributed by atoms with Crippen LogP contribution in [0.4, 0.5) is 11.5 Å². The van der Waals surface area contributed by atoms with Crippen molar-refractivity contribution in [1.29, 1.82) is 0 Å². The zero-order valence-electron chi connectivity index (χ0n) is 29.2. The summed E-state index contributed by atoms with van der Waals surface area (Å²) in [7, 11) is 1.29. The lowest BCUT2D eigenvalue weighted by molar-refractivity contribution is -0.152. The maximum absolute atomic E-state index is 13.5. The van der Waals surface area contributed by atoms with Gasteiger partial charge >= 0.3 is 17.9 Å². The van der Waals surface area contributed by atoms with E-state index in [1.165, 1.54) is 12.0 Å². The van der Waals surface area contributed by atoms with Crippen LogP contribution in [0.5, 0.6) is 0 Å². The van der Waals surface area contributed by atoms with E-state index in [1.54, 1.807) is 73.8 Å². The maximum Gasteiger partial charge on any atom is 0.352 e. The smallest absolute Gasteiger partial charge is 0.352 e. The minimum absolute atomic E-state index is 0.00453. The molecule has 0 bridgehead atoms. The number of fused-ring (bicyclic) bond motifs is 1. The number of primary amides is 1. The predicted octanol–water partition coefficient (Wildman–Crippen LogP) is 1.04. The number of oxime groups is 1. The molecule has 10 N–H and O–H groups in total. The standard InChI is InChI=1S/C35H42N10O8/c1-20(19-52-34(49)24(36)11-13-27(37)46)31(38)35(50)53-44-32(39)21-6-9-23(10-7-21)41-18-28-42-25-12-8-22(17-26(25)43-28)33(48)45(16-14-30(47)51-2)29-5-3-4-15-40-29/h3-10,12,15,17,20,24,31,41H,11,13-14,16,18-19,36,38H2,1-2H3,(H2,37,46)(H2,39,44)(H,42,43). The van der Waals surface area contributed by atoms with Gasteiger partial charge in [-0.25, -0.2) is 14.8 Å². The van der Waals surface area contributed by atoms with Crippen LogP contribution in [0.2, 0.25) is 0 Å². The highest BCUT2D eigenvalue weighted by molar-refractivity contribution is 6.07. The number of ether oxygens (including phenoxy) is 2. The second-order valence-electron chi connectivity index (χ2n) is 11.9. The van der Waals surface area contributed by atoms with Crippen LogP contribution in [0.3, 0.4) is 0 Å². The topological polar surface area (TPSA) is 286 Å². The summed E-state index contributed by atoms with van der Waals surface area (Å²) in [6.07, 6.45) is 1.54. The molecule has 18 heteroatoms. The van der Waals surface area contributed by atoms with Gasteiger partial charge < -0.3 is 47.5 Å². The summed E-state index contributed by atoms with van der Waals surface area (Å²) in [5.74, 6) is -2.71. The van der Waals surface area contributed by atoms with E-state index in [0.717, 1.165) is 5.69 Å². The maximum atomic E-state index is 13.5. The molecule has 2 aromatic carbocycles. The van der Waals surface area contributed by atoms with Gasteiger partial charge in [-0.15, -0.1) is 0 Å². The number of amidine groups is 1. The van der Waals surface area contributed by atoms with Crippen LogP contribution >= 0.6 is 0 Å². The number of rotatable bonds is 18. The van der Waals surface area contributed by atoms with Crippen molar-refractivity contribution in [3.8, 4) is 0 Å². The first kappa shape index (κ1) is 39.4. The molecule has 3 unspecified atom stereocenters. The van der Waals surface area contributed by atoms with E-state index in [4.69, 9.17) is 37.2 Å². The number of amides is 2. The van der Waals surface area contributed by atoms with Crippen molar-refractivity contribution in [2.45, 2.75) is 44.8 Å². The third-order valence-corrected chi connectivity index (χ3v) is 7.97. The summed E-state index contributed by atoms with van der Waals surface area (Å²) in [6, 6.07) is 14.9. The van der Waals surface area contributed by atoms with E-state index >= 15 is 0 Å². The Morgan fingerprint density at radius 1 is 0.962 bits per heavy atom. The molecule has 18 nitrogen and oxygen atoms in total. The Hall–Kier alpha value is -6.40. The van der Waals surface area contributed by atoms with Gasteiger partial charge in [0.2, 0.25) is 5.91 Å². The van der Waals surface area contributed by atoms with E-state index < -0.39 is 41.8 Å². The summed E-state index contributed by atoms with van der Waals surface area (Å²) in [4.78, 5) is 79.1. The van der Waals surface area contributed by atoms with Gasteiger partial charge in [-0.3, -0.25) is 24.1 Å². The lowest BCUT2D eigenvalue weighted by Gasteiger charge is -2.21. The first-order chi connectivity index (χ1) is 25.4. The lowest BCUT2D eigenvalue weighted by Crippen LogP contribution is -2.41.